The van der Waals surface area contributed by atoms with Gasteiger partial charge in [0.05, 0.1) is 7.11 Å². The molecule has 0 radical (unpaired) electrons. The van der Waals surface area contributed by atoms with Crippen molar-refractivity contribution in [1.29, 1.82) is 0 Å². The van der Waals surface area contributed by atoms with E-state index < -0.39 is 0 Å². The van der Waals surface area contributed by atoms with Crippen molar-refractivity contribution in [3.8, 4) is 5.75 Å². The molecule has 0 saturated carbocycles. The van der Waals surface area contributed by atoms with Crippen LogP contribution in [0.2, 0.25) is 0 Å². The molecule has 0 bridgehead atoms. The van der Waals surface area contributed by atoms with E-state index in [9.17, 15) is 0 Å². The lowest BCUT2D eigenvalue weighted by atomic mass is 10.1. The van der Waals surface area contributed by atoms with Gasteiger partial charge in [0.2, 0.25) is 0 Å². The molecule has 0 saturated heterocycles. The predicted molar refractivity (Wildman–Crippen MR) is 89.7 cm³/mol. The van der Waals surface area contributed by atoms with Crippen molar-refractivity contribution in [1.82, 2.24) is 5.32 Å². The summed E-state index contributed by atoms with van der Waals surface area (Å²) in [6.07, 6.45) is 4.89. The van der Waals surface area contributed by atoms with Crippen molar-refractivity contribution in [2.45, 2.75) is 32.2 Å². The number of fused-ring (bicyclic) bond motifs is 1. The minimum Gasteiger partial charge on any atom is -0.497 e. The fourth-order valence-corrected chi connectivity index (χ4v) is 2.49. The van der Waals surface area contributed by atoms with Crippen molar-refractivity contribution in [2.24, 2.45) is 5.73 Å². The van der Waals surface area contributed by atoms with E-state index in [0.717, 1.165) is 31.8 Å². The van der Waals surface area contributed by atoms with Crippen LogP contribution in [0.3, 0.4) is 0 Å². The number of nitrogens with two attached hydrogens (primary N) is 1. The molecule has 0 atom stereocenters. The first kappa shape index (κ1) is 15.8. The minimum absolute atomic E-state index is 0.815. The van der Waals surface area contributed by atoms with Gasteiger partial charge >= 0.3 is 0 Å². The average Bonchev–Trinajstić information content (AvgIpc) is 2.53. The molecule has 2 aromatic carbocycles. The van der Waals surface area contributed by atoms with Crippen molar-refractivity contribution < 1.29 is 4.74 Å². The summed E-state index contributed by atoms with van der Waals surface area (Å²) >= 11 is 0. The van der Waals surface area contributed by atoms with Crippen LogP contribution in [0.1, 0.15) is 31.2 Å². The summed E-state index contributed by atoms with van der Waals surface area (Å²) in [4.78, 5) is 0. The molecule has 2 aromatic rings. The second-order valence-electron chi connectivity index (χ2n) is 5.43. The summed E-state index contributed by atoms with van der Waals surface area (Å²) in [6, 6.07) is 12.8. The van der Waals surface area contributed by atoms with E-state index in [0.29, 0.717) is 0 Å². The normalized spacial score (nSPS) is 11.0. The van der Waals surface area contributed by atoms with Gasteiger partial charge in [-0.15, -0.1) is 0 Å². The van der Waals surface area contributed by atoms with E-state index in [4.69, 9.17) is 10.5 Å². The predicted octanol–water partition coefficient (Wildman–Crippen LogP) is 3.46. The lowest BCUT2D eigenvalue weighted by molar-refractivity contribution is 0.415. The highest BCUT2D eigenvalue weighted by atomic mass is 16.5. The Morgan fingerprint density at radius 3 is 2.52 bits per heavy atom. The fraction of sp³-hybridized carbons (Fsp3) is 0.444. The third-order valence-corrected chi connectivity index (χ3v) is 3.75. The quantitative estimate of drug-likeness (QED) is 0.694. The maximum atomic E-state index is 5.49. The number of hydrogen-bond donors (Lipinski definition) is 2. The van der Waals surface area contributed by atoms with Gasteiger partial charge in [-0.25, -0.2) is 0 Å². The zero-order chi connectivity index (χ0) is 14.9. The van der Waals surface area contributed by atoms with E-state index in [1.165, 1.54) is 35.6 Å². The molecule has 2 rings (SSSR count). The number of rotatable bonds is 9. The van der Waals surface area contributed by atoms with Crippen molar-refractivity contribution in [2.75, 3.05) is 20.2 Å². The van der Waals surface area contributed by atoms with Gasteiger partial charge in [0, 0.05) is 6.54 Å². The maximum absolute atomic E-state index is 5.49. The Morgan fingerprint density at radius 2 is 1.71 bits per heavy atom. The van der Waals surface area contributed by atoms with Crippen LogP contribution in [0, 0.1) is 0 Å². The zero-order valence-corrected chi connectivity index (χ0v) is 12.9. The third-order valence-electron chi connectivity index (χ3n) is 3.75. The number of hydrogen-bond acceptors (Lipinski definition) is 3. The second-order valence-corrected chi connectivity index (χ2v) is 5.43. The molecule has 21 heavy (non-hydrogen) atoms. The van der Waals surface area contributed by atoms with E-state index in [2.05, 4.69) is 35.6 Å². The summed E-state index contributed by atoms with van der Waals surface area (Å²) in [5, 5.41) is 5.99. The van der Waals surface area contributed by atoms with Gasteiger partial charge in [0.1, 0.15) is 5.75 Å². The summed E-state index contributed by atoms with van der Waals surface area (Å²) in [5.41, 5.74) is 6.81. The minimum atomic E-state index is 0.815. The summed E-state index contributed by atoms with van der Waals surface area (Å²) in [6.45, 7) is 2.82. The van der Waals surface area contributed by atoms with Gasteiger partial charge in [0.15, 0.2) is 0 Å². The molecule has 0 aliphatic rings. The van der Waals surface area contributed by atoms with Gasteiger partial charge < -0.3 is 15.8 Å². The van der Waals surface area contributed by atoms with Crippen molar-refractivity contribution in [3.05, 3.63) is 42.0 Å². The molecule has 0 spiro atoms. The van der Waals surface area contributed by atoms with Gasteiger partial charge in [-0.3, -0.25) is 0 Å². The van der Waals surface area contributed by atoms with Crippen LogP contribution in [0.5, 0.6) is 5.75 Å². The number of methoxy groups -OCH3 is 1. The second kappa shape index (κ2) is 8.65. The Morgan fingerprint density at radius 1 is 0.952 bits per heavy atom. The summed E-state index contributed by atoms with van der Waals surface area (Å²) in [7, 11) is 1.70. The highest BCUT2D eigenvalue weighted by molar-refractivity contribution is 5.84. The Labute approximate surface area is 127 Å². The largest absolute Gasteiger partial charge is 0.497 e. The van der Waals surface area contributed by atoms with Gasteiger partial charge in [0.25, 0.3) is 0 Å². The molecule has 114 valence electrons. The van der Waals surface area contributed by atoms with Crippen LogP contribution in [0.25, 0.3) is 10.8 Å². The van der Waals surface area contributed by atoms with E-state index in [1.807, 2.05) is 6.07 Å². The Kier molecular flexibility index (Phi) is 6.51. The summed E-state index contributed by atoms with van der Waals surface area (Å²) < 4.78 is 5.25. The van der Waals surface area contributed by atoms with Crippen molar-refractivity contribution in [3.63, 3.8) is 0 Å². The van der Waals surface area contributed by atoms with Gasteiger partial charge in [-0.2, -0.15) is 0 Å². The lowest BCUT2D eigenvalue weighted by Gasteiger charge is -2.07. The standard InChI is InChI=1S/C18H26N2O/c1-21-18-9-8-16-12-15(6-7-17(16)13-18)14-20-11-5-3-2-4-10-19/h6-9,12-13,20H,2-5,10-11,14,19H2,1H3. The molecule has 0 heterocycles. The fourth-order valence-electron chi connectivity index (χ4n) is 2.49. The molecule has 0 aliphatic carbocycles. The molecule has 0 unspecified atom stereocenters. The van der Waals surface area contributed by atoms with Crippen LogP contribution < -0.4 is 15.8 Å². The van der Waals surface area contributed by atoms with E-state index >= 15 is 0 Å². The molecule has 3 heteroatoms. The van der Waals surface area contributed by atoms with Gasteiger partial charge in [-0.05, 0) is 60.5 Å². The van der Waals surface area contributed by atoms with Crippen LogP contribution in [0.15, 0.2) is 36.4 Å². The first-order valence-corrected chi connectivity index (χ1v) is 7.81. The molecule has 0 aliphatic heterocycles. The van der Waals surface area contributed by atoms with E-state index in [-0.39, 0.29) is 0 Å². The van der Waals surface area contributed by atoms with Crippen LogP contribution in [0.4, 0.5) is 0 Å². The van der Waals surface area contributed by atoms with Crippen LogP contribution in [-0.2, 0) is 6.54 Å². The van der Waals surface area contributed by atoms with Crippen LogP contribution in [-0.4, -0.2) is 20.2 Å². The highest BCUT2D eigenvalue weighted by Crippen LogP contribution is 2.21. The molecule has 0 fully saturated rings. The Hall–Kier alpha value is -1.58. The van der Waals surface area contributed by atoms with Crippen molar-refractivity contribution >= 4 is 10.8 Å². The molecule has 0 amide bonds. The lowest BCUT2D eigenvalue weighted by Crippen LogP contribution is -2.14. The highest BCUT2D eigenvalue weighted by Gasteiger charge is 1.99. The molecular formula is C18H26N2O. The average molecular weight is 286 g/mol. The number of nitrogens with one attached hydrogen (secondary N) is 1. The number of ether oxygens (including phenoxy) is 1. The summed E-state index contributed by atoms with van der Waals surface area (Å²) in [5.74, 6) is 0.908. The SMILES string of the molecule is COc1ccc2cc(CNCCCCCCN)ccc2c1. The third kappa shape index (κ3) is 5.03. The Bertz CT molecular complexity index is 554. The van der Waals surface area contributed by atoms with E-state index in [1.54, 1.807) is 7.11 Å². The molecule has 3 nitrogen and oxygen atoms in total. The first-order valence-electron chi connectivity index (χ1n) is 7.81. The first-order chi connectivity index (χ1) is 10.3. The molecule has 0 aromatic heterocycles. The topological polar surface area (TPSA) is 47.3 Å². The molecular weight excluding hydrogens is 260 g/mol. The monoisotopic (exact) mass is 286 g/mol. The Balaban J connectivity index is 1.80. The van der Waals surface area contributed by atoms with Gasteiger partial charge in [-0.1, -0.05) is 31.0 Å². The zero-order valence-electron chi connectivity index (χ0n) is 12.9. The smallest absolute Gasteiger partial charge is 0.119 e. The number of unbranched alkanes of at least 4 members (excludes halogenated alkanes) is 3. The number of benzene rings is 2. The van der Waals surface area contributed by atoms with Crippen LogP contribution >= 0.6 is 0 Å². The molecule has 3 N–H and O–H groups in total. The maximum Gasteiger partial charge on any atom is 0.119 e.